The van der Waals surface area contributed by atoms with Gasteiger partial charge in [-0.3, -0.25) is 4.79 Å². The Bertz CT molecular complexity index is 458. The monoisotopic (exact) mass is 288 g/mol. The molecule has 1 unspecified atom stereocenters. The molecule has 0 radical (unpaired) electrons. The number of amides is 1. The number of hydrogen-bond donors (Lipinski definition) is 2. The molecule has 2 atom stereocenters. The molecule has 0 aliphatic rings. The Labute approximate surface area is 116 Å². The van der Waals surface area contributed by atoms with Crippen molar-refractivity contribution in [2.45, 2.75) is 38.4 Å². The zero-order valence-corrected chi connectivity index (χ0v) is 11.5. The van der Waals surface area contributed by atoms with Gasteiger partial charge in [0.1, 0.15) is 0 Å². The lowest BCUT2D eigenvalue weighted by Crippen LogP contribution is -2.38. The molecule has 1 rings (SSSR count). The van der Waals surface area contributed by atoms with Crippen LogP contribution in [0.2, 0.25) is 0 Å². The van der Waals surface area contributed by atoms with Gasteiger partial charge in [0.2, 0.25) is 5.91 Å². The summed E-state index contributed by atoms with van der Waals surface area (Å²) in [5, 5.41) is 2.64. The second-order valence-corrected chi connectivity index (χ2v) is 4.89. The number of benzene rings is 1. The maximum atomic E-state index is 12.6. The molecule has 3 N–H and O–H groups in total. The highest BCUT2D eigenvalue weighted by atomic mass is 19.4. The van der Waals surface area contributed by atoms with E-state index in [4.69, 9.17) is 5.73 Å². The molecule has 0 aliphatic heterocycles. The Morgan fingerprint density at radius 2 is 2.00 bits per heavy atom. The Balaban J connectivity index is 2.60. The summed E-state index contributed by atoms with van der Waals surface area (Å²) in [4.78, 5) is 11.3. The highest BCUT2D eigenvalue weighted by Gasteiger charge is 2.30. The molecule has 0 saturated heterocycles. The summed E-state index contributed by atoms with van der Waals surface area (Å²) in [5.74, 6) is -0.341. The quantitative estimate of drug-likeness (QED) is 0.875. The molecule has 0 fully saturated rings. The van der Waals surface area contributed by atoms with Gasteiger partial charge in [0, 0.05) is 6.54 Å². The minimum atomic E-state index is -4.33. The van der Waals surface area contributed by atoms with Gasteiger partial charge in [-0.25, -0.2) is 0 Å². The molecule has 1 aromatic rings. The van der Waals surface area contributed by atoms with Gasteiger partial charge in [0.15, 0.2) is 0 Å². The molecular weight excluding hydrogens is 269 g/mol. The molecule has 3 nitrogen and oxygen atoms in total. The molecule has 0 aliphatic carbocycles. The first-order valence-electron chi connectivity index (χ1n) is 6.42. The average Bonchev–Trinajstić information content (AvgIpc) is 2.37. The van der Waals surface area contributed by atoms with Crippen LogP contribution in [-0.4, -0.2) is 18.5 Å². The molecule has 0 bridgehead atoms. The van der Waals surface area contributed by atoms with Gasteiger partial charge in [0.25, 0.3) is 0 Å². The summed E-state index contributed by atoms with van der Waals surface area (Å²) in [6, 6.07) is 4.67. The van der Waals surface area contributed by atoms with Crippen molar-refractivity contribution in [3.63, 3.8) is 0 Å². The summed E-state index contributed by atoms with van der Waals surface area (Å²) in [7, 11) is 0. The van der Waals surface area contributed by atoms with Crippen LogP contribution in [0, 0.1) is 0 Å². The van der Waals surface area contributed by atoms with E-state index < -0.39 is 17.8 Å². The predicted octanol–water partition coefficient (Wildman–Crippen LogP) is 2.66. The van der Waals surface area contributed by atoms with Crippen molar-refractivity contribution < 1.29 is 18.0 Å². The number of nitrogens with two attached hydrogens (primary N) is 1. The molecule has 0 spiro atoms. The van der Waals surface area contributed by atoms with Crippen LogP contribution in [0.1, 0.15) is 37.3 Å². The first-order valence-corrected chi connectivity index (χ1v) is 6.42. The fourth-order valence-electron chi connectivity index (χ4n) is 1.76. The Hall–Kier alpha value is -1.56. The van der Waals surface area contributed by atoms with Crippen LogP contribution in [0.25, 0.3) is 0 Å². The number of alkyl halides is 3. The van der Waals surface area contributed by atoms with Crippen molar-refractivity contribution in [1.82, 2.24) is 5.32 Å². The summed E-state index contributed by atoms with van der Waals surface area (Å²) in [6.07, 6.45) is -3.78. The summed E-state index contributed by atoms with van der Waals surface area (Å²) < 4.78 is 37.8. The van der Waals surface area contributed by atoms with Crippen LogP contribution in [0.4, 0.5) is 13.2 Å². The number of nitrogens with one attached hydrogen (secondary N) is 1. The van der Waals surface area contributed by atoms with E-state index in [0.717, 1.165) is 12.1 Å². The average molecular weight is 288 g/mol. The fourth-order valence-corrected chi connectivity index (χ4v) is 1.76. The zero-order valence-electron chi connectivity index (χ0n) is 11.5. The molecule has 20 heavy (non-hydrogen) atoms. The van der Waals surface area contributed by atoms with Crippen LogP contribution in [0.3, 0.4) is 0 Å². The molecular formula is C14H19F3N2O. The van der Waals surface area contributed by atoms with Crippen molar-refractivity contribution in [2.24, 2.45) is 5.73 Å². The lowest BCUT2D eigenvalue weighted by Gasteiger charge is -2.15. The standard InChI is InChI=1S/C14H19F3N2O/c1-9(6-7-19-13(20)10(2)18)11-4-3-5-12(8-11)14(15,16)17/h3-5,8-10H,6-7,18H2,1-2H3,(H,19,20)/t9?,10-/m0/s1. The maximum absolute atomic E-state index is 12.6. The second-order valence-electron chi connectivity index (χ2n) is 4.89. The Morgan fingerprint density at radius 3 is 2.55 bits per heavy atom. The zero-order chi connectivity index (χ0) is 15.3. The minimum absolute atomic E-state index is 0.0781. The number of halogens is 3. The molecule has 0 saturated carbocycles. The number of rotatable bonds is 5. The van der Waals surface area contributed by atoms with Gasteiger partial charge >= 0.3 is 6.18 Å². The molecule has 1 aromatic carbocycles. The highest BCUT2D eigenvalue weighted by molar-refractivity contribution is 5.80. The van der Waals surface area contributed by atoms with Gasteiger partial charge in [-0.2, -0.15) is 13.2 Å². The lowest BCUT2D eigenvalue weighted by molar-refractivity contribution is -0.137. The molecule has 0 aromatic heterocycles. The fraction of sp³-hybridized carbons (Fsp3) is 0.500. The third-order valence-corrected chi connectivity index (χ3v) is 3.07. The van der Waals surface area contributed by atoms with E-state index in [9.17, 15) is 18.0 Å². The summed E-state index contributed by atoms with van der Waals surface area (Å²) >= 11 is 0. The van der Waals surface area contributed by atoms with Crippen molar-refractivity contribution in [3.8, 4) is 0 Å². The SMILES string of the molecule is CC(CCNC(=O)[C@H](C)N)c1cccc(C(F)(F)F)c1. The van der Waals surface area contributed by atoms with E-state index in [0.29, 0.717) is 18.5 Å². The van der Waals surface area contributed by atoms with Gasteiger partial charge in [-0.05, 0) is 30.9 Å². The Morgan fingerprint density at radius 1 is 1.35 bits per heavy atom. The normalized spacial score (nSPS) is 14.7. The Kier molecular flexibility index (Phi) is 5.56. The van der Waals surface area contributed by atoms with Gasteiger partial charge in [-0.1, -0.05) is 25.1 Å². The van der Waals surface area contributed by atoms with Gasteiger partial charge in [0.05, 0.1) is 11.6 Å². The van der Waals surface area contributed by atoms with Crippen LogP contribution in [0.5, 0.6) is 0 Å². The minimum Gasteiger partial charge on any atom is -0.355 e. The number of carbonyl (C=O) groups is 1. The van der Waals surface area contributed by atoms with Crippen LogP contribution in [-0.2, 0) is 11.0 Å². The molecule has 112 valence electrons. The van der Waals surface area contributed by atoms with Crippen LogP contribution in [0.15, 0.2) is 24.3 Å². The highest BCUT2D eigenvalue weighted by Crippen LogP contribution is 2.31. The van der Waals surface area contributed by atoms with Gasteiger partial charge in [-0.15, -0.1) is 0 Å². The van der Waals surface area contributed by atoms with Crippen molar-refractivity contribution in [1.29, 1.82) is 0 Å². The molecule has 6 heteroatoms. The lowest BCUT2D eigenvalue weighted by atomic mass is 9.96. The van der Waals surface area contributed by atoms with E-state index in [-0.39, 0.29) is 11.8 Å². The van der Waals surface area contributed by atoms with Crippen LogP contribution < -0.4 is 11.1 Å². The smallest absolute Gasteiger partial charge is 0.355 e. The maximum Gasteiger partial charge on any atom is 0.416 e. The van der Waals surface area contributed by atoms with E-state index in [1.54, 1.807) is 13.0 Å². The van der Waals surface area contributed by atoms with Crippen molar-refractivity contribution >= 4 is 5.91 Å². The second kappa shape index (κ2) is 6.74. The number of carbonyl (C=O) groups excluding carboxylic acids is 1. The number of hydrogen-bond acceptors (Lipinski definition) is 2. The van der Waals surface area contributed by atoms with Gasteiger partial charge < -0.3 is 11.1 Å². The van der Waals surface area contributed by atoms with E-state index in [2.05, 4.69) is 5.32 Å². The van der Waals surface area contributed by atoms with E-state index in [1.807, 2.05) is 6.92 Å². The van der Waals surface area contributed by atoms with E-state index >= 15 is 0 Å². The first kappa shape index (κ1) is 16.5. The largest absolute Gasteiger partial charge is 0.416 e. The topological polar surface area (TPSA) is 55.1 Å². The van der Waals surface area contributed by atoms with Crippen LogP contribution >= 0.6 is 0 Å². The molecule has 0 heterocycles. The first-order chi connectivity index (χ1) is 9.21. The van der Waals surface area contributed by atoms with Crippen molar-refractivity contribution in [2.75, 3.05) is 6.54 Å². The summed E-state index contributed by atoms with van der Waals surface area (Å²) in [6.45, 7) is 3.79. The predicted molar refractivity (Wildman–Crippen MR) is 71.1 cm³/mol. The summed E-state index contributed by atoms with van der Waals surface area (Å²) in [5.41, 5.74) is 5.35. The van der Waals surface area contributed by atoms with E-state index in [1.165, 1.54) is 6.07 Å². The third kappa shape index (κ3) is 4.85. The van der Waals surface area contributed by atoms with Crippen molar-refractivity contribution in [3.05, 3.63) is 35.4 Å². The molecule has 1 amide bonds. The third-order valence-electron chi connectivity index (χ3n) is 3.07.